The van der Waals surface area contributed by atoms with Crippen LogP contribution in [0, 0.1) is 11.8 Å². The Morgan fingerprint density at radius 2 is 1.33 bits per heavy atom. The Labute approximate surface area is 302 Å². The summed E-state index contributed by atoms with van der Waals surface area (Å²) in [6, 6.07) is 32.6. The van der Waals surface area contributed by atoms with Gasteiger partial charge in [0.2, 0.25) is 0 Å². The van der Waals surface area contributed by atoms with E-state index >= 15 is 0 Å². The molecule has 0 N–H and O–H groups in total. The molecule has 0 spiro atoms. The number of hydrogen-bond donors (Lipinski definition) is 0. The maximum absolute atomic E-state index is 6.10. The maximum atomic E-state index is 6.10. The van der Waals surface area contributed by atoms with Gasteiger partial charge in [0.1, 0.15) is 0 Å². The van der Waals surface area contributed by atoms with Crippen molar-refractivity contribution >= 4 is 34.6 Å². The molecule has 8 rings (SSSR count). The van der Waals surface area contributed by atoms with E-state index in [4.69, 9.17) is 4.21 Å². The standard InChI is InChI=1S/C21H21.2C9H11.C5H5.CH2.2ClH.Zr/c1-2-8-15-14(7-1)13-20-18-11-4-3-9-16(18)17-10-5-6-12-19(17)21(15)20;2*1-8(2)9-6-4-3-5-7-9;1-2-4-5-3-1;;;;/h1-2,6-8,11-12,16-17H,3-5,9-10,13H2;2*3-7H,1-2H3;1-3H,4H2;1H2;2*1H;. The minimum atomic E-state index is -4.77. The third-order valence-corrected chi connectivity index (χ3v) is 39.6. The Morgan fingerprint density at radius 3 is 1.96 bits per heavy atom. The molecule has 0 heterocycles. The average molecular weight is 755 g/mol. The number of hydrogen-bond acceptors (Lipinski definition) is 0. The first-order valence-electron chi connectivity index (χ1n) is 17.9. The van der Waals surface area contributed by atoms with Crippen LogP contribution in [0.15, 0.2) is 135 Å². The normalized spacial score (nSPS) is 23.4. The van der Waals surface area contributed by atoms with Gasteiger partial charge in [0, 0.05) is 0 Å². The second-order valence-electron chi connectivity index (χ2n) is 16.1. The van der Waals surface area contributed by atoms with Crippen LogP contribution in [0.2, 0.25) is 3.63 Å². The molecular formula is C45H52Cl2Zr. The fraction of sp³-hybridized carbons (Fsp3) is 0.356. The molecule has 0 bridgehead atoms. The molecule has 0 radical (unpaired) electrons. The summed E-state index contributed by atoms with van der Waals surface area (Å²) in [5.74, 6) is 1.24. The zero-order valence-corrected chi connectivity index (χ0v) is 33.3. The van der Waals surface area contributed by atoms with Crippen LogP contribution in [0.5, 0.6) is 0 Å². The molecule has 0 aromatic heterocycles. The second kappa shape index (κ2) is 12.8. The van der Waals surface area contributed by atoms with Crippen molar-refractivity contribution in [1.82, 2.24) is 0 Å². The molecule has 3 atom stereocenters. The van der Waals surface area contributed by atoms with Crippen LogP contribution in [0.1, 0.15) is 88.5 Å². The number of allylic oxidation sites excluding steroid dienone is 10. The SMILES string of the molecule is Cl.Cl.[CH2]=[Zr]([C]1=CC=CC1)([CH]1CCCC2C1=C1Cc3ccccc3C1=C1C=CCCC12)([C](C)(C)c1ccccc1)[C](C)(C)c1ccccc1. The number of rotatable bonds is 6. The van der Waals surface area contributed by atoms with Crippen molar-refractivity contribution in [2.45, 2.75) is 82.5 Å². The van der Waals surface area contributed by atoms with Gasteiger partial charge in [0.05, 0.1) is 0 Å². The molecule has 1 fully saturated rings. The van der Waals surface area contributed by atoms with E-state index in [9.17, 15) is 0 Å². The Kier molecular flexibility index (Phi) is 9.46. The molecule has 250 valence electrons. The van der Waals surface area contributed by atoms with Crippen molar-refractivity contribution in [3.05, 3.63) is 158 Å². The second-order valence-corrected chi connectivity index (χ2v) is 33.1. The van der Waals surface area contributed by atoms with Crippen LogP contribution >= 0.6 is 24.8 Å². The van der Waals surface area contributed by atoms with Gasteiger partial charge in [-0.2, -0.15) is 0 Å². The minimum absolute atomic E-state index is 0. The van der Waals surface area contributed by atoms with Crippen LogP contribution in [0.25, 0.3) is 5.57 Å². The van der Waals surface area contributed by atoms with Crippen LogP contribution in [-0.2, 0) is 31.0 Å². The molecule has 48 heavy (non-hydrogen) atoms. The van der Waals surface area contributed by atoms with Gasteiger partial charge in [-0.15, -0.1) is 24.8 Å². The zero-order chi connectivity index (χ0) is 31.8. The molecule has 1 saturated carbocycles. The summed E-state index contributed by atoms with van der Waals surface area (Å²) in [4.78, 5) is 0. The third kappa shape index (κ3) is 4.52. The molecule has 3 unspecified atom stereocenters. The Hall–Kier alpha value is -2.31. The summed E-state index contributed by atoms with van der Waals surface area (Å²) in [6.07, 6.45) is 20.9. The molecule has 3 aromatic carbocycles. The van der Waals surface area contributed by atoms with Crippen LogP contribution in [-0.4, -0.2) is 4.21 Å². The summed E-state index contributed by atoms with van der Waals surface area (Å²) in [6.45, 7) is 10.5. The number of benzene rings is 3. The van der Waals surface area contributed by atoms with Gasteiger partial charge >= 0.3 is 280 Å². The van der Waals surface area contributed by atoms with Gasteiger partial charge in [-0.1, -0.05) is 0 Å². The van der Waals surface area contributed by atoms with Gasteiger partial charge < -0.3 is 0 Å². The molecule has 5 aliphatic carbocycles. The predicted molar refractivity (Wildman–Crippen MR) is 209 cm³/mol. The van der Waals surface area contributed by atoms with E-state index in [0.717, 1.165) is 12.8 Å². The molecule has 0 aliphatic heterocycles. The summed E-state index contributed by atoms with van der Waals surface area (Å²) in [5.41, 5.74) is 12.8. The fourth-order valence-corrected chi connectivity index (χ4v) is 36.5. The summed E-state index contributed by atoms with van der Waals surface area (Å²) in [7, 11) is 0. The van der Waals surface area contributed by atoms with Gasteiger partial charge in [-0.3, -0.25) is 0 Å². The molecule has 0 nitrogen and oxygen atoms in total. The Balaban J connectivity index is 0.00000201. The summed E-state index contributed by atoms with van der Waals surface area (Å²) >= 11 is -4.77. The van der Waals surface area contributed by atoms with Crippen molar-refractivity contribution in [3.63, 3.8) is 0 Å². The van der Waals surface area contributed by atoms with Crippen LogP contribution in [0.4, 0.5) is 0 Å². The molecule has 5 aliphatic rings. The van der Waals surface area contributed by atoms with E-state index in [1.807, 2.05) is 5.57 Å². The van der Waals surface area contributed by atoms with Crippen molar-refractivity contribution in [2.24, 2.45) is 11.8 Å². The first-order chi connectivity index (χ1) is 22.2. The van der Waals surface area contributed by atoms with Crippen molar-refractivity contribution in [1.29, 1.82) is 0 Å². The van der Waals surface area contributed by atoms with E-state index in [1.54, 1.807) is 20.0 Å². The number of fused-ring (bicyclic) bond motifs is 6. The molecule has 3 heteroatoms. The van der Waals surface area contributed by atoms with Gasteiger partial charge in [0.15, 0.2) is 0 Å². The number of halogens is 2. The average Bonchev–Trinajstić information content (AvgIpc) is 3.78. The van der Waals surface area contributed by atoms with Crippen molar-refractivity contribution in [3.8, 4) is 0 Å². The van der Waals surface area contributed by atoms with Crippen molar-refractivity contribution in [2.75, 3.05) is 0 Å². The molecular weight excluding hydrogens is 703 g/mol. The van der Waals surface area contributed by atoms with E-state index in [1.165, 1.54) is 54.4 Å². The van der Waals surface area contributed by atoms with E-state index in [0.29, 0.717) is 15.5 Å². The predicted octanol–water partition coefficient (Wildman–Crippen LogP) is 12.5. The molecule has 3 aromatic rings. The quantitative estimate of drug-likeness (QED) is 0.235. The van der Waals surface area contributed by atoms with Crippen LogP contribution in [0.3, 0.4) is 0 Å². The van der Waals surface area contributed by atoms with Gasteiger partial charge in [0.25, 0.3) is 0 Å². The topological polar surface area (TPSA) is 0 Å². The fourth-order valence-electron chi connectivity index (χ4n) is 11.9. The van der Waals surface area contributed by atoms with Gasteiger partial charge in [-0.25, -0.2) is 0 Å². The van der Waals surface area contributed by atoms with Crippen LogP contribution < -0.4 is 0 Å². The van der Waals surface area contributed by atoms with E-state index < -0.39 is 18.3 Å². The first kappa shape index (κ1) is 35.5. The monoisotopic (exact) mass is 752 g/mol. The molecule has 0 amide bonds. The Bertz CT molecular complexity index is 1880. The molecule has 0 saturated heterocycles. The summed E-state index contributed by atoms with van der Waals surface area (Å²) < 4.78 is 8.10. The van der Waals surface area contributed by atoms with Crippen molar-refractivity contribution < 1.29 is 18.3 Å². The van der Waals surface area contributed by atoms with E-state index in [2.05, 4.69) is 143 Å². The third-order valence-electron chi connectivity index (χ3n) is 14.3. The first-order valence-corrected chi connectivity index (χ1v) is 24.8. The zero-order valence-electron chi connectivity index (χ0n) is 29.2. The Morgan fingerprint density at radius 1 is 0.708 bits per heavy atom. The van der Waals surface area contributed by atoms with Gasteiger partial charge in [-0.05, 0) is 0 Å². The van der Waals surface area contributed by atoms with E-state index in [-0.39, 0.29) is 31.1 Å². The summed E-state index contributed by atoms with van der Waals surface area (Å²) in [5, 5.41) is 0.